The molecule has 0 unspecified atom stereocenters. The molecule has 31 heavy (non-hydrogen) atoms. The maximum atomic E-state index is 12.1. The zero-order chi connectivity index (χ0) is 23.0. The molecule has 2 aromatic carbocycles. The molecule has 0 aliphatic heterocycles. The van der Waals surface area contributed by atoms with E-state index in [9.17, 15) is 19.2 Å². The molecule has 2 aromatic rings. The standard InChI is InChI=1S/C23H28N4O4/c1-26(2)22(30)16-8-12-18(13-9-16)24-20(28)6-5-7-21(29)25-19-14-10-17(11-15-19)23(31)27(3)4/h8-15H,5-7H2,1-4H3,(H,24,28)(H,25,29). The van der Waals surface area contributed by atoms with Crippen molar-refractivity contribution in [3.05, 3.63) is 59.7 Å². The maximum Gasteiger partial charge on any atom is 0.253 e. The fourth-order valence-electron chi connectivity index (χ4n) is 2.77. The van der Waals surface area contributed by atoms with Gasteiger partial charge in [-0.2, -0.15) is 0 Å². The second-order valence-corrected chi connectivity index (χ2v) is 7.50. The molecule has 0 fully saturated rings. The summed E-state index contributed by atoms with van der Waals surface area (Å²) in [5.41, 5.74) is 2.27. The van der Waals surface area contributed by atoms with Crippen LogP contribution in [0.1, 0.15) is 40.0 Å². The minimum Gasteiger partial charge on any atom is -0.345 e. The molecule has 0 atom stereocenters. The first-order valence-corrected chi connectivity index (χ1v) is 9.90. The Morgan fingerprint density at radius 2 is 0.935 bits per heavy atom. The number of rotatable bonds is 8. The summed E-state index contributed by atoms with van der Waals surface area (Å²) in [7, 11) is 6.70. The van der Waals surface area contributed by atoms with Crippen LogP contribution in [0.2, 0.25) is 0 Å². The number of nitrogens with zero attached hydrogens (tertiary/aromatic N) is 2. The van der Waals surface area contributed by atoms with Crippen molar-refractivity contribution < 1.29 is 19.2 Å². The predicted octanol–water partition coefficient (Wildman–Crippen LogP) is 2.84. The van der Waals surface area contributed by atoms with Gasteiger partial charge in [-0.15, -0.1) is 0 Å². The van der Waals surface area contributed by atoms with E-state index in [1.165, 1.54) is 9.80 Å². The summed E-state index contributed by atoms with van der Waals surface area (Å²) in [6.45, 7) is 0. The molecule has 0 heterocycles. The van der Waals surface area contributed by atoms with E-state index in [1.807, 2.05) is 0 Å². The van der Waals surface area contributed by atoms with Gasteiger partial charge in [0.25, 0.3) is 11.8 Å². The second-order valence-electron chi connectivity index (χ2n) is 7.50. The van der Waals surface area contributed by atoms with E-state index in [4.69, 9.17) is 0 Å². The van der Waals surface area contributed by atoms with Crippen LogP contribution < -0.4 is 10.6 Å². The molecule has 4 amide bonds. The number of benzene rings is 2. The quantitative estimate of drug-likeness (QED) is 0.681. The molecule has 0 spiro atoms. The maximum absolute atomic E-state index is 12.1. The van der Waals surface area contributed by atoms with Crippen molar-refractivity contribution in [1.82, 2.24) is 9.80 Å². The Hall–Kier alpha value is -3.68. The zero-order valence-electron chi connectivity index (χ0n) is 18.3. The molecule has 0 saturated carbocycles. The summed E-state index contributed by atoms with van der Waals surface area (Å²) < 4.78 is 0. The lowest BCUT2D eigenvalue weighted by molar-refractivity contribution is -0.117. The number of hydrogen-bond acceptors (Lipinski definition) is 4. The minimum atomic E-state index is -0.203. The summed E-state index contributed by atoms with van der Waals surface area (Å²) in [5, 5.41) is 5.51. The lowest BCUT2D eigenvalue weighted by Crippen LogP contribution is -2.21. The van der Waals surface area contributed by atoms with Crippen LogP contribution in [0, 0.1) is 0 Å². The summed E-state index contributed by atoms with van der Waals surface area (Å²) in [6, 6.07) is 13.3. The Kier molecular flexibility index (Phi) is 8.31. The highest BCUT2D eigenvalue weighted by molar-refractivity contribution is 5.97. The van der Waals surface area contributed by atoms with Gasteiger partial charge in [-0.25, -0.2) is 0 Å². The van der Waals surface area contributed by atoms with Crippen molar-refractivity contribution in [2.45, 2.75) is 19.3 Å². The number of carbonyl (C=O) groups is 4. The minimum absolute atomic E-state index is 0.108. The third-order valence-electron chi connectivity index (χ3n) is 4.45. The summed E-state index contributed by atoms with van der Waals surface area (Å²) >= 11 is 0. The van der Waals surface area contributed by atoms with Crippen LogP contribution in [-0.4, -0.2) is 61.6 Å². The van der Waals surface area contributed by atoms with Gasteiger partial charge in [0.05, 0.1) is 0 Å². The van der Waals surface area contributed by atoms with E-state index in [-0.39, 0.29) is 36.5 Å². The first-order chi connectivity index (χ1) is 14.7. The topological polar surface area (TPSA) is 98.8 Å². The second kappa shape index (κ2) is 10.9. The fraction of sp³-hybridized carbons (Fsp3) is 0.304. The van der Waals surface area contributed by atoms with E-state index in [0.717, 1.165) is 0 Å². The van der Waals surface area contributed by atoms with Crippen molar-refractivity contribution in [3.63, 3.8) is 0 Å². The van der Waals surface area contributed by atoms with Crippen molar-refractivity contribution in [2.75, 3.05) is 38.8 Å². The van der Waals surface area contributed by atoms with E-state index in [0.29, 0.717) is 28.9 Å². The molecular formula is C23H28N4O4. The first-order valence-electron chi connectivity index (χ1n) is 9.90. The molecule has 0 aliphatic rings. The Morgan fingerprint density at radius 3 is 1.23 bits per heavy atom. The van der Waals surface area contributed by atoms with Crippen molar-refractivity contribution in [3.8, 4) is 0 Å². The molecular weight excluding hydrogens is 396 g/mol. The highest BCUT2D eigenvalue weighted by atomic mass is 16.2. The highest BCUT2D eigenvalue weighted by Crippen LogP contribution is 2.13. The summed E-state index contributed by atoms with van der Waals surface area (Å²) in [6.07, 6.45) is 0.788. The Balaban J connectivity index is 1.75. The van der Waals surface area contributed by atoms with Crippen molar-refractivity contribution in [1.29, 1.82) is 0 Å². The van der Waals surface area contributed by atoms with Gasteiger partial charge in [0.2, 0.25) is 11.8 Å². The van der Waals surface area contributed by atoms with Gasteiger partial charge in [0.15, 0.2) is 0 Å². The molecule has 2 N–H and O–H groups in total. The number of nitrogens with one attached hydrogen (secondary N) is 2. The van der Waals surface area contributed by atoms with Crippen LogP contribution >= 0.6 is 0 Å². The summed E-state index contributed by atoms with van der Waals surface area (Å²) in [4.78, 5) is 50.9. The average Bonchev–Trinajstić information content (AvgIpc) is 2.73. The molecule has 164 valence electrons. The monoisotopic (exact) mass is 424 g/mol. The molecule has 0 radical (unpaired) electrons. The van der Waals surface area contributed by atoms with Gasteiger partial charge in [-0.05, 0) is 55.0 Å². The van der Waals surface area contributed by atoms with Crippen LogP contribution in [0.5, 0.6) is 0 Å². The first kappa shape index (κ1) is 23.6. The van der Waals surface area contributed by atoms with Crippen molar-refractivity contribution >= 4 is 35.0 Å². The van der Waals surface area contributed by atoms with E-state index < -0.39 is 0 Å². The average molecular weight is 425 g/mol. The molecule has 8 nitrogen and oxygen atoms in total. The smallest absolute Gasteiger partial charge is 0.253 e. The largest absolute Gasteiger partial charge is 0.345 e. The van der Waals surface area contributed by atoms with Crippen LogP contribution in [-0.2, 0) is 9.59 Å². The van der Waals surface area contributed by atoms with Crippen LogP contribution in [0.25, 0.3) is 0 Å². The normalized spacial score (nSPS) is 10.2. The van der Waals surface area contributed by atoms with Crippen LogP contribution in [0.4, 0.5) is 11.4 Å². The van der Waals surface area contributed by atoms with E-state index in [2.05, 4.69) is 10.6 Å². The predicted molar refractivity (Wildman–Crippen MR) is 120 cm³/mol. The molecule has 0 aromatic heterocycles. The molecule has 0 aliphatic carbocycles. The lowest BCUT2D eigenvalue weighted by Gasteiger charge is -2.11. The lowest BCUT2D eigenvalue weighted by atomic mass is 10.1. The molecule has 8 heteroatoms. The Bertz CT molecular complexity index is 858. The Morgan fingerprint density at radius 1 is 0.613 bits per heavy atom. The fourth-order valence-corrected chi connectivity index (χ4v) is 2.77. The van der Waals surface area contributed by atoms with Gasteiger partial charge >= 0.3 is 0 Å². The van der Waals surface area contributed by atoms with Crippen molar-refractivity contribution in [2.24, 2.45) is 0 Å². The zero-order valence-corrected chi connectivity index (χ0v) is 18.3. The van der Waals surface area contributed by atoms with Crippen LogP contribution in [0.15, 0.2) is 48.5 Å². The van der Waals surface area contributed by atoms with Gasteiger partial charge in [-0.1, -0.05) is 0 Å². The third kappa shape index (κ3) is 7.26. The van der Waals surface area contributed by atoms with Crippen LogP contribution in [0.3, 0.4) is 0 Å². The number of anilines is 2. The van der Waals surface area contributed by atoms with Gasteiger partial charge in [-0.3, -0.25) is 19.2 Å². The molecule has 0 saturated heterocycles. The van der Waals surface area contributed by atoms with Gasteiger partial charge < -0.3 is 20.4 Å². The Labute approximate surface area is 182 Å². The third-order valence-corrected chi connectivity index (χ3v) is 4.45. The SMILES string of the molecule is CN(C)C(=O)c1ccc(NC(=O)CCCC(=O)Nc2ccc(C(=O)N(C)C)cc2)cc1. The van der Waals surface area contributed by atoms with Gasteiger partial charge in [0.1, 0.15) is 0 Å². The number of carbonyl (C=O) groups excluding carboxylic acids is 4. The molecule has 2 rings (SSSR count). The van der Waals surface area contributed by atoms with Gasteiger partial charge in [0, 0.05) is 63.5 Å². The van der Waals surface area contributed by atoms with E-state index >= 15 is 0 Å². The molecule has 0 bridgehead atoms. The van der Waals surface area contributed by atoms with E-state index in [1.54, 1.807) is 76.7 Å². The number of amides is 4. The highest BCUT2D eigenvalue weighted by Gasteiger charge is 2.10. The summed E-state index contributed by atoms with van der Waals surface area (Å²) in [5.74, 6) is -0.622. The number of hydrogen-bond donors (Lipinski definition) is 2.